The van der Waals surface area contributed by atoms with Gasteiger partial charge in [0, 0.05) is 28.9 Å². The van der Waals surface area contributed by atoms with Crippen molar-refractivity contribution in [3.63, 3.8) is 0 Å². The number of ether oxygens (including phenoxy) is 2. The molecule has 3 aliphatic carbocycles. The third-order valence-electron chi connectivity index (χ3n) is 11.9. The molecule has 2 saturated heterocycles. The molecule has 2 aliphatic heterocycles. The Morgan fingerprint density at radius 2 is 1.50 bits per heavy atom. The number of aryl methyl sites for hydroxylation is 2. The Morgan fingerprint density at radius 3 is 2.22 bits per heavy atom. The van der Waals surface area contributed by atoms with Crippen LogP contribution in [0.15, 0.2) is 72.9 Å². The van der Waals surface area contributed by atoms with Gasteiger partial charge >= 0.3 is 12.2 Å². The number of aromatic nitrogens is 4. The minimum Gasteiger partial charge on any atom is -0.445 e. The van der Waals surface area contributed by atoms with E-state index in [1.807, 2.05) is 73.0 Å². The standard InChI is InChI=1S/C43H43FN6O4/c1-43(2,3)54-42(52)50-35-18-27(35)19-36(50)39-45-21-33(47-39)30-13-10-25(16-31(30)44)24-9-12-29-26(15-24)11-14-32-38(29)48-40(46-32)37-20-28-17-34(28)49(37)41(51)53-22-23-7-5-4-6-8-23/h4-10,12-13,15-16,21,27-28,34-37H,11,14,17-20,22H2,1-3H3,(H,45,47)(H,46,48)/t27-,28-,34-,35-,36+,37+/m1/s1. The Morgan fingerprint density at radius 1 is 0.815 bits per heavy atom. The smallest absolute Gasteiger partial charge is 0.411 e. The molecule has 2 saturated carbocycles. The van der Waals surface area contributed by atoms with Crippen molar-refractivity contribution in [1.82, 2.24) is 29.7 Å². The Hall–Kier alpha value is -5.45. The second-order valence-electron chi connectivity index (χ2n) is 16.7. The van der Waals surface area contributed by atoms with Crippen LogP contribution in [0.25, 0.3) is 33.6 Å². The Labute approximate surface area is 313 Å². The number of carbonyl (C=O) groups excluding carboxylic acids is 2. The van der Waals surface area contributed by atoms with E-state index in [9.17, 15) is 9.59 Å². The first-order valence-electron chi connectivity index (χ1n) is 19.2. The topological polar surface area (TPSA) is 116 Å². The molecule has 276 valence electrons. The average Bonchev–Trinajstić information content (AvgIpc) is 3.77. The van der Waals surface area contributed by atoms with Crippen LogP contribution in [0.2, 0.25) is 0 Å². The molecule has 0 radical (unpaired) electrons. The minimum absolute atomic E-state index is 0.134. The molecule has 0 spiro atoms. The Balaban J connectivity index is 0.853. The van der Waals surface area contributed by atoms with E-state index < -0.39 is 5.60 Å². The van der Waals surface area contributed by atoms with Crippen molar-refractivity contribution in [3.05, 3.63) is 107 Å². The summed E-state index contributed by atoms with van der Waals surface area (Å²) in [6, 6.07) is 21.4. The van der Waals surface area contributed by atoms with Gasteiger partial charge in [0.2, 0.25) is 0 Å². The van der Waals surface area contributed by atoms with Crippen LogP contribution in [0.4, 0.5) is 14.0 Å². The Bertz CT molecular complexity index is 2290. The van der Waals surface area contributed by atoms with Crippen molar-refractivity contribution < 1.29 is 23.5 Å². The van der Waals surface area contributed by atoms with Gasteiger partial charge in [-0.05, 0) is 106 Å². The fourth-order valence-electron chi connectivity index (χ4n) is 9.05. The van der Waals surface area contributed by atoms with Gasteiger partial charge in [-0.3, -0.25) is 9.80 Å². The van der Waals surface area contributed by atoms with Crippen molar-refractivity contribution in [2.75, 3.05) is 0 Å². The molecule has 4 heterocycles. The number of H-pyrrole nitrogens is 2. The van der Waals surface area contributed by atoms with E-state index in [1.165, 1.54) is 5.56 Å². The van der Waals surface area contributed by atoms with Crippen LogP contribution in [-0.2, 0) is 28.9 Å². The number of benzene rings is 3. The maximum absolute atomic E-state index is 15.8. The second kappa shape index (κ2) is 12.3. The van der Waals surface area contributed by atoms with Gasteiger partial charge in [0.25, 0.3) is 0 Å². The summed E-state index contributed by atoms with van der Waals surface area (Å²) in [5.74, 6) is 2.07. The highest BCUT2D eigenvalue weighted by Gasteiger charge is 2.57. The molecule has 3 aromatic carbocycles. The van der Waals surface area contributed by atoms with Gasteiger partial charge in [-0.1, -0.05) is 54.6 Å². The third kappa shape index (κ3) is 5.84. The summed E-state index contributed by atoms with van der Waals surface area (Å²) in [5.41, 5.74) is 7.35. The zero-order chi connectivity index (χ0) is 36.9. The summed E-state index contributed by atoms with van der Waals surface area (Å²) in [5, 5.41) is 0. The van der Waals surface area contributed by atoms with Crippen molar-refractivity contribution in [1.29, 1.82) is 0 Å². The molecule has 10 rings (SSSR count). The van der Waals surface area contributed by atoms with Crippen molar-refractivity contribution in [2.24, 2.45) is 11.8 Å². The molecular formula is C43H43FN6O4. The molecule has 6 atom stereocenters. The van der Waals surface area contributed by atoms with Gasteiger partial charge in [-0.25, -0.2) is 23.9 Å². The largest absolute Gasteiger partial charge is 0.445 e. The number of amides is 2. The lowest BCUT2D eigenvalue weighted by molar-refractivity contribution is 0.0175. The van der Waals surface area contributed by atoms with Crippen LogP contribution in [-0.4, -0.2) is 59.6 Å². The van der Waals surface area contributed by atoms with E-state index in [1.54, 1.807) is 18.3 Å². The van der Waals surface area contributed by atoms with Crippen molar-refractivity contribution in [3.8, 4) is 33.6 Å². The number of carbonyl (C=O) groups is 2. The van der Waals surface area contributed by atoms with E-state index in [0.29, 0.717) is 28.9 Å². The summed E-state index contributed by atoms with van der Waals surface area (Å²) in [6.45, 7) is 5.86. The molecule has 2 aromatic heterocycles. The van der Waals surface area contributed by atoms with Gasteiger partial charge in [0.1, 0.15) is 29.7 Å². The monoisotopic (exact) mass is 726 g/mol. The number of imidazole rings is 2. The molecular weight excluding hydrogens is 684 g/mol. The molecule has 2 N–H and O–H groups in total. The van der Waals surface area contributed by atoms with Crippen LogP contribution in [0.5, 0.6) is 0 Å². The number of likely N-dealkylation sites (tertiary alicyclic amines) is 2. The lowest BCUT2D eigenvalue weighted by Crippen LogP contribution is -2.38. The van der Waals surface area contributed by atoms with Crippen LogP contribution in [0.3, 0.4) is 0 Å². The van der Waals surface area contributed by atoms with Gasteiger partial charge < -0.3 is 19.4 Å². The van der Waals surface area contributed by atoms with Crippen LogP contribution < -0.4 is 0 Å². The summed E-state index contributed by atoms with van der Waals surface area (Å²) in [7, 11) is 0. The molecule has 5 aromatic rings. The summed E-state index contributed by atoms with van der Waals surface area (Å²) in [6.07, 6.45) is 6.39. The number of nitrogens with zero attached hydrogens (tertiary/aromatic N) is 4. The highest BCUT2D eigenvalue weighted by molar-refractivity contribution is 5.77. The van der Waals surface area contributed by atoms with Crippen LogP contribution in [0.1, 0.15) is 87.0 Å². The van der Waals surface area contributed by atoms with Crippen molar-refractivity contribution >= 4 is 12.2 Å². The van der Waals surface area contributed by atoms with Gasteiger partial charge in [0.15, 0.2) is 0 Å². The number of rotatable bonds is 6. The van der Waals surface area contributed by atoms with Gasteiger partial charge in [-0.15, -0.1) is 0 Å². The average molecular weight is 727 g/mol. The summed E-state index contributed by atoms with van der Waals surface area (Å²) < 4.78 is 27.3. The minimum atomic E-state index is -0.586. The van der Waals surface area contributed by atoms with Gasteiger partial charge in [-0.2, -0.15) is 0 Å². The fraction of sp³-hybridized carbons (Fsp3) is 0.395. The maximum Gasteiger partial charge on any atom is 0.411 e. The van der Waals surface area contributed by atoms with Crippen LogP contribution in [0, 0.1) is 17.7 Å². The first-order valence-corrected chi connectivity index (χ1v) is 19.2. The van der Waals surface area contributed by atoms with E-state index >= 15 is 4.39 Å². The number of hydrogen-bond acceptors (Lipinski definition) is 6. The van der Waals surface area contributed by atoms with Gasteiger partial charge in [0.05, 0.1) is 29.7 Å². The molecule has 10 nitrogen and oxygen atoms in total. The molecule has 11 heteroatoms. The van der Waals surface area contributed by atoms with E-state index in [2.05, 4.69) is 27.1 Å². The highest BCUT2D eigenvalue weighted by Crippen LogP contribution is 2.55. The van der Waals surface area contributed by atoms with E-state index in [0.717, 1.165) is 78.0 Å². The first kappa shape index (κ1) is 33.1. The predicted molar refractivity (Wildman–Crippen MR) is 199 cm³/mol. The normalized spacial score (nSPS) is 24.7. The number of nitrogens with one attached hydrogen (secondary N) is 2. The van der Waals surface area contributed by atoms with E-state index in [4.69, 9.17) is 14.5 Å². The van der Waals surface area contributed by atoms with Crippen molar-refractivity contribution in [2.45, 2.75) is 95.7 Å². The molecule has 2 amide bonds. The zero-order valence-corrected chi connectivity index (χ0v) is 30.6. The fourth-order valence-corrected chi connectivity index (χ4v) is 9.05. The molecule has 54 heavy (non-hydrogen) atoms. The number of aromatic amines is 2. The number of fused-ring (bicyclic) bond motifs is 5. The third-order valence-corrected chi connectivity index (χ3v) is 11.9. The van der Waals surface area contributed by atoms with E-state index in [-0.39, 0.29) is 48.8 Å². The number of hydrogen-bond donors (Lipinski definition) is 2. The summed E-state index contributed by atoms with van der Waals surface area (Å²) >= 11 is 0. The first-order chi connectivity index (χ1) is 26.1. The molecule has 0 unspecified atom stereocenters. The lowest BCUT2D eigenvalue weighted by atomic mass is 9.89. The quantitative estimate of drug-likeness (QED) is 0.181. The van der Waals surface area contributed by atoms with Crippen LogP contribution >= 0.6 is 0 Å². The zero-order valence-electron chi connectivity index (χ0n) is 30.6. The predicted octanol–water partition coefficient (Wildman–Crippen LogP) is 8.91. The number of piperidine rings is 2. The lowest BCUT2D eigenvalue weighted by Gasteiger charge is -2.29. The second-order valence-corrected chi connectivity index (χ2v) is 16.7. The molecule has 4 fully saturated rings. The molecule has 5 aliphatic rings. The highest BCUT2D eigenvalue weighted by atomic mass is 19.1. The maximum atomic E-state index is 15.8. The molecule has 0 bridgehead atoms. The SMILES string of the molecule is CC(C)(C)OC(=O)N1[C@@H]2C[C@@H]2C[C@H]1c1ncc(-c2ccc(-c3ccc4c(c3)CCc3[nH]c([C@@H]5C[C@H]6C[C@H]6N5C(=O)OCc5ccccc5)nc3-4)cc2F)[nH]1. The summed E-state index contributed by atoms with van der Waals surface area (Å²) in [4.78, 5) is 46.7. The number of halogens is 1. The Kier molecular flexibility index (Phi) is 7.55.